The zero-order chi connectivity index (χ0) is 12.7. The SMILES string of the molecule is COc1c(CNCCCCC#N)c(C)nn1C. The minimum absolute atomic E-state index is 0.636. The number of unbranched alkanes of at least 4 members (excludes halogenated alkanes) is 2. The van der Waals surface area contributed by atoms with Gasteiger partial charge in [-0.05, 0) is 26.3 Å². The summed E-state index contributed by atoms with van der Waals surface area (Å²) in [6.45, 7) is 3.66. The maximum absolute atomic E-state index is 8.41. The smallest absolute Gasteiger partial charge is 0.216 e. The lowest BCUT2D eigenvalue weighted by molar-refractivity contribution is 0.368. The molecule has 0 saturated carbocycles. The Hall–Kier alpha value is -1.54. The molecule has 17 heavy (non-hydrogen) atoms. The van der Waals surface area contributed by atoms with Crippen molar-refractivity contribution in [3.63, 3.8) is 0 Å². The van der Waals surface area contributed by atoms with Crippen LogP contribution in [0.1, 0.15) is 30.5 Å². The molecule has 0 amide bonds. The summed E-state index contributed by atoms with van der Waals surface area (Å²) in [6, 6.07) is 2.15. The van der Waals surface area contributed by atoms with Gasteiger partial charge in [0, 0.05) is 20.0 Å². The summed E-state index contributed by atoms with van der Waals surface area (Å²) in [7, 11) is 3.54. The summed E-state index contributed by atoms with van der Waals surface area (Å²) in [4.78, 5) is 0. The molecule has 1 aromatic heterocycles. The van der Waals surface area contributed by atoms with Gasteiger partial charge < -0.3 is 10.1 Å². The fourth-order valence-electron chi connectivity index (χ4n) is 1.81. The topological polar surface area (TPSA) is 62.9 Å². The number of hydrogen-bond acceptors (Lipinski definition) is 4. The number of aryl methyl sites for hydroxylation is 2. The van der Waals surface area contributed by atoms with Crippen molar-refractivity contribution in [2.24, 2.45) is 7.05 Å². The molecular weight excluding hydrogens is 216 g/mol. The average molecular weight is 236 g/mol. The zero-order valence-corrected chi connectivity index (χ0v) is 10.8. The lowest BCUT2D eigenvalue weighted by Gasteiger charge is -2.06. The maximum atomic E-state index is 8.41. The number of rotatable bonds is 7. The molecule has 0 spiro atoms. The van der Waals surface area contributed by atoms with E-state index in [-0.39, 0.29) is 0 Å². The van der Waals surface area contributed by atoms with Gasteiger partial charge in [-0.2, -0.15) is 10.4 Å². The predicted molar refractivity (Wildman–Crippen MR) is 65.7 cm³/mol. The molecule has 1 aromatic rings. The normalized spacial score (nSPS) is 10.2. The second-order valence-electron chi connectivity index (χ2n) is 3.99. The van der Waals surface area contributed by atoms with E-state index in [0.29, 0.717) is 6.42 Å². The summed E-state index contributed by atoms with van der Waals surface area (Å²) in [5.41, 5.74) is 2.10. The Balaban J connectivity index is 2.39. The van der Waals surface area contributed by atoms with Crippen LogP contribution in [0.5, 0.6) is 5.88 Å². The highest BCUT2D eigenvalue weighted by molar-refractivity contribution is 5.30. The second-order valence-corrected chi connectivity index (χ2v) is 3.99. The first-order valence-corrected chi connectivity index (χ1v) is 5.84. The van der Waals surface area contributed by atoms with Crippen molar-refractivity contribution in [2.75, 3.05) is 13.7 Å². The Labute approximate surface area is 102 Å². The first-order chi connectivity index (χ1) is 8.20. The summed E-state index contributed by atoms with van der Waals surface area (Å²) < 4.78 is 7.06. The molecule has 0 aliphatic heterocycles. The Kier molecular flexibility index (Phi) is 5.50. The third-order valence-corrected chi connectivity index (χ3v) is 2.68. The van der Waals surface area contributed by atoms with Crippen molar-refractivity contribution >= 4 is 0 Å². The van der Waals surface area contributed by atoms with E-state index in [0.717, 1.165) is 43.1 Å². The third-order valence-electron chi connectivity index (χ3n) is 2.68. The fraction of sp³-hybridized carbons (Fsp3) is 0.667. The van der Waals surface area contributed by atoms with Crippen LogP contribution in [0.2, 0.25) is 0 Å². The fourth-order valence-corrected chi connectivity index (χ4v) is 1.81. The number of nitrogens with zero attached hydrogens (tertiary/aromatic N) is 3. The number of aromatic nitrogens is 2. The third kappa shape index (κ3) is 3.75. The van der Waals surface area contributed by atoms with Crippen molar-refractivity contribution in [1.82, 2.24) is 15.1 Å². The van der Waals surface area contributed by atoms with Crippen LogP contribution in [-0.2, 0) is 13.6 Å². The maximum Gasteiger partial charge on any atom is 0.216 e. The minimum Gasteiger partial charge on any atom is -0.481 e. The monoisotopic (exact) mass is 236 g/mol. The lowest BCUT2D eigenvalue weighted by Crippen LogP contribution is -2.15. The van der Waals surface area contributed by atoms with Gasteiger partial charge in [0.05, 0.1) is 24.4 Å². The van der Waals surface area contributed by atoms with E-state index in [4.69, 9.17) is 10.00 Å². The van der Waals surface area contributed by atoms with Gasteiger partial charge in [-0.25, -0.2) is 4.68 Å². The molecule has 0 radical (unpaired) electrons. The molecule has 0 unspecified atom stereocenters. The van der Waals surface area contributed by atoms with E-state index in [1.807, 2.05) is 14.0 Å². The van der Waals surface area contributed by atoms with Crippen LogP contribution in [0.4, 0.5) is 0 Å². The Morgan fingerprint density at radius 2 is 2.24 bits per heavy atom. The Morgan fingerprint density at radius 3 is 2.88 bits per heavy atom. The molecule has 1 rings (SSSR count). The van der Waals surface area contributed by atoms with Gasteiger partial charge in [0.15, 0.2) is 0 Å². The molecule has 0 aromatic carbocycles. The molecule has 0 aliphatic carbocycles. The van der Waals surface area contributed by atoms with Crippen molar-refractivity contribution in [1.29, 1.82) is 5.26 Å². The molecule has 0 fully saturated rings. The molecular formula is C12H20N4O. The molecule has 94 valence electrons. The number of methoxy groups -OCH3 is 1. The average Bonchev–Trinajstić information content (AvgIpc) is 2.58. The van der Waals surface area contributed by atoms with Crippen LogP contribution in [0.3, 0.4) is 0 Å². The van der Waals surface area contributed by atoms with Crippen molar-refractivity contribution in [3.05, 3.63) is 11.3 Å². The van der Waals surface area contributed by atoms with Gasteiger partial charge >= 0.3 is 0 Å². The highest BCUT2D eigenvalue weighted by atomic mass is 16.5. The Bertz CT molecular complexity index is 392. The molecule has 1 N–H and O–H groups in total. The number of hydrogen-bond donors (Lipinski definition) is 1. The molecule has 1 heterocycles. The van der Waals surface area contributed by atoms with Gasteiger partial charge in [-0.3, -0.25) is 0 Å². The first kappa shape index (κ1) is 13.5. The van der Waals surface area contributed by atoms with Crippen LogP contribution >= 0.6 is 0 Å². The largest absolute Gasteiger partial charge is 0.481 e. The van der Waals surface area contributed by atoms with Gasteiger partial charge in [0.25, 0.3) is 0 Å². The van der Waals surface area contributed by atoms with Gasteiger partial charge in [0.1, 0.15) is 0 Å². The van der Waals surface area contributed by atoms with Crippen molar-refractivity contribution in [3.8, 4) is 11.9 Å². The van der Waals surface area contributed by atoms with E-state index in [1.54, 1.807) is 11.8 Å². The van der Waals surface area contributed by atoms with Crippen LogP contribution in [0.25, 0.3) is 0 Å². The highest BCUT2D eigenvalue weighted by Gasteiger charge is 2.12. The summed E-state index contributed by atoms with van der Waals surface area (Å²) in [5.74, 6) is 0.812. The molecule has 5 heteroatoms. The Morgan fingerprint density at radius 1 is 1.47 bits per heavy atom. The summed E-state index contributed by atoms with van der Waals surface area (Å²) >= 11 is 0. The van der Waals surface area contributed by atoms with E-state index in [1.165, 1.54) is 0 Å². The zero-order valence-electron chi connectivity index (χ0n) is 10.8. The van der Waals surface area contributed by atoms with Crippen LogP contribution < -0.4 is 10.1 Å². The molecule has 0 bridgehead atoms. The molecule has 5 nitrogen and oxygen atoms in total. The standard InChI is InChI=1S/C12H20N4O/c1-10-11(12(17-3)16(2)15-10)9-14-8-6-4-5-7-13/h14H,4-6,8-9H2,1-3H3. The van der Waals surface area contributed by atoms with Crippen molar-refractivity contribution in [2.45, 2.75) is 32.7 Å². The number of nitriles is 1. The van der Waals surface area contributed by atoms with Crippen molar-refractivity contribution < 1.29 is 4.74 Å². The lowest BCUT2D eigenvalue weighted by atomic mass is 10.2. The number of ether oxygens (including phenoxy) is 1. The van der Waals surface area contributed by atoms with Gasteiger partial charge in [0.2, 0.25) is 5.88 Å². The molecule has 0 saturated heterocycles. The quantitative estimate of drug-likeness (QED) is 0.729. The highest BCUT2D eigenvalue weighted by Crippen LogP contribution is 2.20. The van der Waals surface area contributed by atoms with E-state index < -0.39 is 0 Å². The van der Waals surface area contributed by atoms with Gasteiger partial charge in [-0.15, -0.1) is 0 Å². The minimum atomic E-state index is 0.636. The summed E-state index contributed by atoms with van der Waals surface area (Å²) in [5, 5.41) is 16.1. The molecule has 0 atom stereocenters. The number of nitrogens with one attached hydrogen (secondary N) is 1. The van der Waals surface area contributed by atoms with Crippen LogP contribution in [0.15, 0.2) is 0 Å². The van der Waals surface area contributed by atoms with Crippen LogP contribution in [0, 0.1) is 18.3 Å². The van der Waals surface area contributed by atoms with E-state index in [9.17, 15) is 0 Å². The summed E-state index contributed by atoms with van der Waals surface area (Å²) in [6.07, 6.45) is 2.61. The van der Waals surface area contributed by atoms with E-state index >= 15 is 0 Å². The van der Waals surface area contributed by atoms with Gasteiger partial charge in [-0.1, -0.05) is 0 Å². The van der Waals surface area contributed by atoms with E-state index in [2.05, 4.69) is 16.5 Å². The molecule has 0 aliphatic rings. The van der Waals surface area contributed by atoms with Crippen LogP contribution in [-0.4, -0.2) is 23.4 Å². The predicted octanol–water partition coefficient (Wildman–Crippen LogP) is 1.52. The second kappa shape index (κ2) is 6.92. The first-order valence-electron chi connectivity index (χ1n) is 5.84.